The van der Waals surface area contributed by atoms with Crippen molar-refractivity contribution in [2.24, 2.45) is 0 Å². The van der Waals surface area contributed by atoms with E-state index in [1.807, 2.05) is 0 Å². The van der Waals surface area contributed by atoms with Crippen LogP contribution in [0.25, 0.3) is 4.85 Å². The van der Waals surface area contributed by atoms with Crippen LogP contribution in [0.2, 0.25) is 0 Å². The number of amides is 1. The molecule has 0 fully saturated rings. The molecule has 0 aliphatic carbocycles. The van der Waals surface area contributed by atoms with Gasteiger partial charge in [0.1, 0.15) is 0 Å². The molecule has 1 aromatic rings. The number of hydrogen-bond acceptors (Lipinski definition) is 2. The first-order valence-electron chi connectivity index (χ1n) is 4.55. The number of nitrogens with zero attached hydrogens (tertiary/aromatic N) is 1. The van der Waals surface area contributed by atoms with Gasteiger partial charge in [-0.25, -0.2) is 6.57 Å². The van der Waals surface area contributed by atoms with Crippen LogP contribution in [0.5, 0.6) is 0 Å². The van der Waals surface area contributed by atoms with E-state index in [9.17, 15) is 9.59 Å². The van der Waals surface area contributed by atoms with Crippen molar-refractivity contribution in [3.8, 4) is 0 Å². The standard InChI is InChI=1S/C11H10N2O3/c1-12-7-10(14)13-9-4-2-8(3-5-9)6-11(15)16/h2-5H,6-7H2,(H,13,14)(H,15,16). The molecule has 0 bridgehead atoms. The maximum absolute atomic E-state index is 11.1. The van der Waals surface area contributed by atoms with Gasteiger partial charge in [0.15, 0.2) is 0 Å². The number of aliphatic carboxylic acids is 1. The summed E-state index contributed by atoms with van der Waals surface area (Å²) in [5.74, 6) is -1.27. The van der Waals surface area contributed by atoms with Crippen LogP contribution in [0.15, 0.2) is 24.3 Å². The van der Waals surface area contributed by atoms with Crippen molar-refractivity contribution in [2.45, 2.75) is 6.42 Å². The van der Waals surface area contributed by atoms with Gasteiger partial charge in [0.05, 0.1) is 6.42 Å². The van der Waals surface area contributed by atoms with E-state index >= 15 is 0 Å². The fourth-order valence-electron chi connectivity index (χ4n) is 1.15. The molecule has 0 radical (unpaired) electrons. The molecule has 5 nitrogen and oxygen atoms in total. The first kappa shape index (κ1) is 11.7. The number of carboxylic acids is 1. The fourth-order valence-corrected chi connectivity index (χ4v) is 1.15. The lowest BCUT2D eigenvalue weighted by atomic mass is 10.1. The number of carboxylic acid groups (broad SMARTS) is 1. The smallest absolute Gasteiger partial charge is 0.307 e. The molecule has 5 heteroatoms. The van der Waals surface area contributed by atoms with Crippen LogP contribution < -0.4 is 5.32 Å². The van der Waals surface area contributed by atoms with E-state index in [0.717, 1.165) is 0 Å². The van der Waals surface area contributed by atoms with Gasteiger partial charge < -0.3 is 15.3 Å². The molecule has 1 aromatic carbocycles. The lowest BCUT2D eigenvalue weighted by Gasteiger charge is -2.02. The summed E-state index contributed by atoms with van der Waals surface area (Å²) in [4.78, 5) is 24.4. The van der Waals surface area contributed by atoms with Gasteiger partial charge in [0.25, 0.3) is 6.54 Å². The zero-order valence-electron chi connectivity index (χ0n) is 8.43. The van der Waals surface area contributed by atoms with Gasteiger partial charge in [-0.2, -0.15) is 0 Å². The Bertz CT molecular complexity index is 432. The minimum absolute atomic E-state index is 0.0454. The fraction of sp³-hybridized carbons (Fsp3) is 0.182. The normalized spacial score (nSPS) is 9.19. The summed E-state index contributed by atoms with van der Waals surface area (Å²) in [6.07, 6.45) is -0.0454. The molecule has 2 N–H and O–H groups in total. The molecule has 0 unspecified atom stereocenters. The number of nitrogens with one attached hydrogen (secondary N) is 1. The van der Waals surface area contributed by atoms with Crippen LogP contribution in [-0.2, 0) is 16.0 Å². The second-order valence-electron chi connectivity index (χ2n) is 3.13. The van der Waals surface area contributed by atoms with E-state index < -0.39 is 5.97 Å². The summed E-state index contributed by atoms with van der Waals surface area (Å²) in [7, 11) is 0. The molecule has 1 rings (SSSR count). The molecule has 82 valence electrons. The quantitative estimate of drug-likeness (QED) is 0.745. The zero-order chi connectivity index (χ0) is 12.0. The predicted molar refractivity (Wildman–Crippen MR) is 57.9 cm³/mol. The topological polar surface area (TPSA) is 70.8 Å². The Morgan fingerprint density at radius 2 is 1.94 bits per heavy atom. The van der Waals surface area contributed by atoms with Gasteiger partial charge in [-0.1, -0.05) is 12.1 Å². The largest absolute Gasteiger partial charge is 0.481 e. The summed E-state index contributed by atoms with van der Waals surface area (Å²) < 4.78 is 0. The molecule has 0 saturated heterocycles. The Morgan fingerprint density at radius 3 is 2.44 bits per heavy atom. The molecular weight excluding hydrogens is 208 g/mol. The third-order valence-corrected chi connectivity index (χ3v) is 1.82. The van der Waals surface area contributed by atoms with Crippen LogP contribution in [-0.4, -0.2) is 23.5 Å². The van der Waals surface area contributed by atoms with Crippen molar-refractivity contribution >= 4 is 17.6 Å². The number of rotatable bonds is 4. The van der Waals surface area contributed by atoms with E-state index in [1.165, 1.54) is 0 Å². The number of carbonyl (C=O) groups is 2. The van der Waals surface area contributed by atoms with E-state index in [4.69, 9.17) is 11.7 Å². The Balaban J connectivity index is 2.61. The summed E-state index contributed by atoms with van der Waals surface area (Å²) in [5.41, 5.74) is 1.22. The van der Waals surface area contributed by atoms with Crippen molar-refractivity contribution in [1.82, 2.24) is 0 Å². The Labute approximate surface area is 92.5 Å². The minimum Gasteiger partial charge on any atom is -0.481 e. The Morgan fingerprint density at radius 1 is 1.31 bits per heavy atom. The van der Waals surface area contributed by atoms with Gasteiger partial charge in [0, 0.05) is 5.69 Å². The lowest BCUT2D eigenvalue weighted by Crippen LogP contribution is -2.13. The molecule has 1 amide bonds. The second-order valence-corrected chi connectivity index (χ2v) is 3.13. The summed E-state index contributed by atoms with van der Waals surface area (Å²) in [5, 5.41) is 11.1. The van der Waals surface area contributed by atoms with E-state index in [1.54, 1.807) is 24.3 Å². The van der Waals surface area contributed by atoms with Crippen molar-refractivity contribution in [3.63, 3.8) is 0 Å². The van der Waals surface area contributed by atoms with E-state index in [2.05, 4.69) is 10.2 Å². The molecule has 0 aliphatic heterocycles. The average molecular weight is 218 g/mol. The van der Waals surface area contributed by atoms with Gasteiger partial charge in [-0.15, -0.1) is 0 Å². The van der Waals surface area contributed by atoms with Gasteiger partial charge in [-0.3, -0.25) is 9.59 Å². The highest BCUT2D eigenvalue weighted by molar-refractivity contribution is 5.93. The molecule has 0 saturated carbocycles. The molecule has 16 heavy (non-hydrogen) atoms. The maximum Gasteiger partial charge on any atom is 0.307 e. The third-order valence-electron chi connectivity index (χ3n) is 1.82. The lowest BCUT2D eigenvalue weighted by molar-refractivity contribution is -0.136. The zero-order valence-corrected chi connectivity index (χ0v) is 8.43. The second kappa shape index (κ2) is 5.51. The van der Waals surface area contributed by atoms with Gasteiger partial charge >= 0.3 is 11.9 Å². The summed E-state index contributed by atoms with van der Waals surface area (Å²) >= 11 is 0. The van der Waals surface area contributed by atoms with E-state index in [0.29, 0.717) is 11.3 Å². The third kappa shape index (κ3) is 3.80. The highest BCUT2D eigenvalue weighted by Crippen LogP contribution is 2.09. The Kier molecular flexibility index (Phi) is 4.04. The maximum atomic E-state index is 11.1. The van der Waals surface area contributed by atoms with Gasteiger partial charge in [0.2, 0.25) is 0 Å². The Hall–Kier alpha value is -2.35. The highest BCUT2D eigenvalue weighted by atomic mass is 16.4. The van der Waals surface area contributed by atoms with Crippen LogP contribution >= 0.6 is 0 Å². The first-order chi connectivity index (χ1) is 7.61. The number of anilines is 1. The number of hydrogen-bond donors (Lipinski definition) is 2. The van der Waals surface area contributed by atoms with Crippen molar-refractivity contribution < 1.29 is 14.7 Å². The minimum atomic E-state index is -0.898. The van der Waals surface area contributed by atoms with Crippen LogP contribution in [0.4, 0.5) is 5.69 Å². The van der Waals surface area contributed by atoms with Crippen LogP contribution in [0.1, 0.15) is 5.56 Å². The summed E-state index contributed by atoms with van der Waals surface area (Å²) in [6, 6.07) is 6.48. The molecule has 0 heterocycles. The molecule has 0 aromatic heterocycles. The van der Waals surface area contributed by atoms with E-state index in [-0.39, 0.29) is 18.9 Å². The highest BCUT2D eigenvalue weighted by Gasteiger charge is 2.04. The molecule has 0 aliphatic rings. The summed E-state index contributed by atoms with van der Waals surface area (Å²) in [6.45, 7) is 6.30. The first-order valence-corrected chi connectivity index (χ1v) is 4.55. The van der Waals surface area contributed by atoms with Crippen LogP contribution in [0.3, 0.4) is 0 Å². The number of carbonyl (C=O) groups excluding carboxylic acids is 1. The monoisotopic (exact) mass is 218 g/mol. The van der Waals surface area contributed by atoms with Gasteiger partial charge in [-0.05, 0) is 17.7 Å². The molecule has 0 atom stereocenters. The molecular formula is C11H10N2O3. The average Bonchev–Trinajstić information content (AvgIpc) is 2.20. The molecule has 0 spiro atoms. The number of benzene rings is 1. The SMILES string of the molecule is [C-]#[N+]CC(=O)Nc1ccc(CC(=O)O)cc1. The van der Waals surface area contributed by atoms with Crippen LogP contribution in [0, 0.1) is 6.57 Å². The van der Waals surface area contributed by atoms with Crippen molar-refractivity contribution in [2.75, 3.05) is 11.9 Å². The van der Waals surface area contributed by atoms with Crippen molar-refractivity contribution in [1.29, 1.82) is 0 Å². The predicted octanol–water partition coefficient (Wildman–Crippen LogP) is 1.17. The van der Waals surface area contributed by atoms with Crippen molar-refractivity contribution in [3.05, 3.63) is 41.2 Å².